The van der Waals surface area contributed by atoms with E-state index in [1.54, 1.807) is 18.4 Å². The zero-order valence-electron chi connectivity index (χ0n) is 13.2. The lowest BCUT2D eigenvalue weighted by Crippen LogP contribution is -2.38. The van der Waals surface area contributed by atoms with E-state index in [4.69, 9.17) is 0 Å². The van der Waals surface area contributed by atoms with Crippen molar-refractivity contribution in [2.45, 2.75) is 26.2 Å². The molecule has 0 aliphatic heterocycles. The summed E-state index contributed by atoms with van der Waals surface area (Å²) in [4.78, 5) is 13.0. The summed E-state index contributed by atoms with van der Waals surface area (Å²) in [6.07, 6.45) is 4.77. The first-order valence-corrected chi connectivity index (χ1v) is 8.41. The van der Waals surface area contributed by atoms with Crippen molar-refractivity contribution in [2.75, 3.05) is 20.1 Å². The van der Waals surface area contributed by atoms with Crippen LogP contribution in [0.25, 0.3) is 0 Å². The van der Waals surface area contributed by atoms with Gasteiger partial charge in [-0.25, -0.2) is 4.98 Å². The van der Waals surface area contributed by atoms with Crippen molar-refractivity contribution in [3.8, 4) is 0 Å². The van der Waals surface area contributed by atoms with Crippen LogP contribution in [0.3, 0.4) is 0 Å². The Kier molecular flexibility index (Phi) is 6.83. The number of aromatic nitrogens is 2. The summed E-state index contributed by atoms with van der Waals surface area (Å²) in [6, 6.07) is 5.98. The Morgan fingerprint density at radius 2 is 2.09 bits per heavy atom. The standard InChI is InChI=1S/C16H23N5S/c1-13-12-22-15(21-13)7-5-10-19-16(17-2)20-11-8-14-6-3-4-9-18-14/h3-4,6,9,12H,5,7-8,10-11H2,1-2H3,(H2,17,19,20). The summed E-state index contributed by atoms with van der Waals surface area (Å²) in [5.74, 6) is 0.839. The minimum absolute atomic E-state index is 0.822. The highest BCUT2D eigenvalue weighted by molar-refractivity contribution is 7.09. The Morgan fingerprint density at radius 3 is 2.77 bits per heavy atom. The maximum atomic E-state index is 4.47. The van der Waals surface area contributed by atoms with Gasteiger partial charge in [0.15, 0.2) is 5.96 Å². The summed E-state index contributed by atoms with van der Waals surface area (Å²) in [7, 11) is 1.79. The van der Waals surface area contributed by atoms with E-state index in [0.717, 1.165) is 49.7 Å². The normalized spacial score (nSPS) is 11.5. The van der Waals surface area contributed by atoms with Crippen LogP contribution in [0.1, 0.15) is 22.8 Å². The van der Waals surface area contributed by atoms with E-state index in [1.807, 2.05) is 31.3 Å². The van der Waals surface area contributed by atoms with E-state index in [1.165, 1.54) is 5.01 Å². The maximum Gasteiger partial charge on any atom is 0.190 e. The number of nitrogens with one attached hydrogen (secondary N) is 2. The number of hydrogen-bond acceptors (Lipinski definition) is 4. The van der Waals surface area contributed by atoms with Crippen LogP contribution in [0.2, 0.25) is 0 Å². The van der Waals surface area contributed by atoms with Crippen LogP contribution in [-0.2, 0) is 12.8 Å². The minimum atomic E-state index is 0.822. The molecule has 2 rings (SSSR count). The van der Waals surface area contributed by atoms with E-state index in [2.05, 4.69) is 31.0 Å². The highest BCUT2D eigenvalue weighted by Gasteiger charge is 2.00. The molecule has 118 valence electrons. The highest BCUT2D eigenvalue weighted by atomic mass is 32.1. The van der Waals surface area contributed by atoms with Gasteiger partial charge in [-0.3, -0.25) is 9.98 Å². The van der Waals surface area contributed by atoms with E-state index in [9.17, 15) is 0 Å². The number of thiazole rings is 1. The molecule has 0 aliphatic rings. The summed E-state index contributed by atoms with van der Waals surface area (Å²) >= 11 is 1.73. The average Bonchev–Trinajstić information content (AvgIpc) is 2.96. The van der Waals surface area contributed by atoms with E-state index >= 15 is 0 Å². The van der Waals surface area contributed by atoms with Crippen molar-refractivity contribution in [2.24, 2.45) is 4.99 Å². The lowest BCUT2D eigenvalue weighted by Gasteiger charge is -2.11. The lowest BCUT2D eigenvalue weighted by atomic mass is 10.3. The first-order chi connectivity index (χ1) is 10.8. The Morgan fingerprint density at radius 1 is 1.23 bits per heavy atom. The van der Waals surface area contributed by atoms with Crippen LogP contribution >= 0.6 is 11.3 Å². The monoisotopic (exact) mass is 317 g/mol. The molecule has 0 radical (unpaired) electrons. The predicted octanol–water partition coefficient (Wildman–Crippen LogP) is 2.19. The molecule has 6 heteroatoms. The van der Waals surface area contributed by atoms with Gasteiger partial charge in [0.2, 0.25) is 0 Å². The van der Waals surface area contributed by atoms with Gasteiger partial charge in [-0.15, -0.1) is 11.3 Å². The van der Waals surface area contributed by atoms with Gasteiger partial charge in [0.1, 0.15) is 0 Å². The summed E-state index contributed by atoms with van der Waals surface area (Å²) in [5, 5.41) is 9.94. The zero-order chi connectivity index (χ0) is 15.6. The summed E-state index contributed by atoms with van der Waals surface area (Å²) < 4.78 is 0. The van der Waals surface area contributed by atoms with Gasteiger partial charge in [0.25, 0.3) is 0 Å². The van der Waals surface area contributed by atoms with Crippen LogP contribution in [0.5, 0.6) is 0 Å². The Balaban J connectivity index is 1.61. The van der Waals surface area contributed by atoms with Gasteiger partial charge in [0, 0.05) is 55.9 Å². The second-order valence-corrected chi connectivity index (χ2v) is 5.93. The fourth-order valence-electron chi connectivity index (χ4n) is 2.04. The number of hydrogen-bond donors (Lipinski definition) is 2. The van der Waals surface area contributed by atoms with Gasteiger partial charge in [-0.05, 0) is 25.5 Å². The highest BCUT2D eigenvalue weighted by Crippen LogP contribution is 2.10. The van der Waals surface area contributed by atoms with Crippen LogP contribution in [-0.4, -0.2) is 36.1 Å². The molecule has 2 aromatic rings. The summed E-state index contributed by atoms with van der Waals surface area (Å²) in [5.41, 5.74) is 2.20. The third kappa shape index (κ3) is 5.81. The number of aryl methyl sites for hydroxylation is 2. The van der Waals surface area contributed by atoms with Crippen molar-refractivity contribution in [3.63, 3.8) is 0 Å². The quantitative estimate of drug-likeness (QED) is 0.467. The molecule has 0 saturated carbocycles. The minimum Gasteiger partial charge on any atom is -0.356 e. The summed E-state index contributed by atoms with van der Waals surface area (Å²) in [6.45, 7) is 3.75. The van der Waals surface area contributed by atoms with Gasteiger partial charge in [-0.2, -0.15) is 0 Å². The molecule has 0 aliphatic carbocycles. The Labute approximate surface area is 135 Å². The molecule has 0 atom stereocenters. The van der Waals surface area contributed by atoms with Crippen molar-refractivity contribution >= 4 is 17.3 Å². The SMILES string of the molecule is CN=C(NCCCc1nc(C)cs1)NCCc1ccccn1. The third-order valence-corrected chi connectivity index (χ3v) is 4.18. The molecule has 5 nitrogen and oxygen atoms in total. The molecule has 0 spiro atoms. The average molecular weight is 317 g/mol. The van der Waals surface area contributed by atoms with Gasteiger partial charge in [-0.1, -0.05) is 6.07 Å². The number of nitrogens with zero attached hydrogens (tertiary/aromatic N) is 3. The Bertz CT molecular complexity index is 579. The van der Waals surface area contributed by atoms with Crippen molar-refractivity contribution < 1.29 is 0 Å². The molecule has 0 fully saturated rings. The molecule has 0 aromatic carbocycles. The van der Waals surface area contributed by atoms with E-state index in [0.29, 0.717) is 0 Å². The van der Waals surface area contributed by atoms with Crippen LogP contribution < -0.4 is 10.6 Å². The first kappa shape index (κ1) is 16.4. The third-order valence-electron chi connectivity index (χ3n) is 3.15. The Hall–Kier alpha value is -1.95. The molecular weight excluding hydrogens is 294 g/mol. The lowest BCUT2D eigenvalue weighted by molar-refractivity contribution is 0.733. The van der Waals surface area contributed by atoms with Crippen molar-refractivity contribution in [1.82, 2.24) is 20.6 Å². The molecule has 0 amide bonds. The fraction of sp³-hybridized carbons (Fsp3) is 0.438. The number of aliphatic imine (C=N–C) groups is 1. The maximum absolute atomic E-state index is 4.47. The van der Waals surface area contributed by atoms with Crippen LogP contribution in [0.4, 0.5) is 0 Å². The molecule has 0 saturated heterocycles. The fourth-order valence-corrected chi connectivity index (χ4v) is 2.86. The van der Waals surface area contributed by atoms with Gasteiger partial charge < -0.3 is 10.6 Å². The number of guanidine groups is 1. The van der Waals surface area contributed by atoms with Crippen molar-refractivity contribution in [3.05, 3.63) is 46.2 Å². The topological polar surface area (TPSA) is 62.2 Å². The van der Waals surface area contributed by atoms with Crippen LogP contribution in [0, 0.1) is 6.92 Å². The number of rotatable bonds is 7. The van der Waals surface area contributed by atoms with Crippen LogP contribution in [0.15, 0.2) is 34.8 Å². The molecule has 2 aromatic heterocycles. The predicted molar refractivity (Wildman–Crippen MR) is 92.5 cm³/mol. The van der Waals surface area contributed by atoms with E-state index in [-0.39, 0.29) is 0 Å². The first-order valence-electron chi connectivity index (χ1n) is 7.53. The zero-order valence-corrected chi connectivity index (χ0v) is 14.0. The van der Waals surface area contributed by atoms with Gasteiger partial charge >= 0.3 is 0 Å². The molecule has 2 heterocycles. The van der Waals surface area contributed by atoms with E-state index < -0.39 is 0 Å². The number of pyridine rings is 1. The second-order valence-electron chi connectivity index (χ2n) is 4.98. The molecular formula is C16H23N5S. The molecule has 0 bridgehead atoms. The molecule has 2 N–H and O–H groups in total. The smallest absolute Gasteiger partial charge is 0.190 e. The second kappa shape index (κ2) is 9.15. The largest absolute Gasteiger partial charge is 0.356 e. The van der Waals surface area contributed by atoms with Crippen molar-refractivity contribution in [1.29, 1.82) is 0 Å². The molecule has 22 heavy (non-hydrogen) atoms. The molecule has 0 unspecified atom stereocenters. The van der Waals surface area contributed by atoms with Gasteiger partial charge in [0.05, 0.1) is 5.01 Å².